The van der Waals surface area contributed by atoms with Gasteiger partial charge in [0.2, 0.25) is 0 Å². The second kappa shape index (κ2) is 3.12. The molecule has 0 aromatic heterocycles. The van der Waals surface area contributed by atoms with Gasteiger partial charge in [-0.2, -0.15) is 0 Å². The molecule has 1 atom stereocenters. The number of hydrogen-bond donors (Lipinski definition) is 0. The molecule has 0 saturated heterocycles. The van der Waals surface area contributed by atoms with Gasteiger partial charge in [-0.25, -0.2) is 0 Å². The molecule has 0 saturated carbocycles. The number of rotatable bonds is 1. The fourth-order valence-corrected chi connectivity index (χ4v) is 1.17. The largest absolute Gasteiger partial charge is 0.123 e. The molecule has 48 valence electrons. The Morgan fingerprint density at radius 3 is 2.89 bits per heavy atom. The van der Waals surface area contributed by atoms with Gasteiger partial charge in [0.15, 0.2) is 0 Å². The van der Waals surface area contributed by atoms with Crippen LogP contribution in [0.5, 0.6) is 0 Å². The van der Waals surface area contributed by atoms with Crippen LogP contribution in [-0.2, 0) is 0 Å². The first kappa shape index (κ1) is 6.95. The molecule has 0 amide bonds. The van der Waals surface area contributed by atoms with Crippen LogP contribution in [0.15, 0.2) is 29.5 Å². The van der Waals surface area contributed by atoms with Crippen molar-refractivity contribution in [2.75, 3.05) is 5.88 Å². The van der Waals surface area contributed by atoms with Crippen molar-refractivity contribution in [3.05, 3.63) is 29.5 Å². The standard InChI is InChI=1S/C7H6Cl2/c8-5-6-3-1-2-4-7(6)9/h1,3-4,7H,5H2. The van der Waals surface area contributed by atoms with E-state index in [2.05, 4.69) is 5.73 Å². The Bertz CT molecular complexity index is 185. The first-order valence-corrected chi connectivity index (χ1v) is 3.63. The molecule has 0 aliphatic heterocycles. The van der Waals surface area contributed by atoms with Crippen LogP contribution in [-0.4, -0.2) is 11.3 Å². The normalized spacial score (nSPS) is 24.2. The Hall–Kier alpha value is -0.160. The summed E-state index contributed by atoms with van der Waals surface area (Å²) in [5.74, 6) is 0.503. The van der Waals surface area contributed by atoms with Gasteiger partial charge in [-0.05, 0) is 17.7 Å². The summed E-state index contributed by atoms with van der Waals surface area (Å²) < 4.78 is 0. The molecule has 0 aromatic rings. The summed E-state index contributed by atoms with van der Waals surface area (Å²) in [5.41, 5.74) is 3.92. The van der Waals surface area contributed by atoms with Gasteiger partial charge in [0.25, 0.3) is 0 Å². The van der Waals surface area contributed by atoms with Crippen LogP contribution < -0.4 is 0 Å². The van der Waals surface area contributed by atoms with Crippen LogP contribution in [0.1, 0.15) is 0 Å². The smallest absolute Gasteiger partial charge is 0.0814 e. The Balaban J connectivity index is 2.76. The molecule has 0 spiro atoms. The number of allylic oxidation sites excluding steroid dienone is 3. The summed E-state index contributed by atoms with van der Waals surface area (Å²) in [6.45, 7) is 0. The topological polar surface area (TPSA) is 0 Å². The number of hydrogen-bond acceptors (Lipinski definition) is 0. The van der Waals surface area contributed by atoms with E-state index in [0.29, 0.717) is 5.88 Å². The van der Waals surface area contributed by atoms with Gasteiger partial charge in [0.05, 0.1) is 5.38 Å². The lowest BCUT2D eigenvalue weighted by Gasteiger charge is -2.05. The zero-order valence-electron chi connectivity index (χ0n) is 4.77. The zero-order valence-corrected chi connectivity index (χ0v) is 6.28. The van der Waals surface area contributed by atoms with Crippen LogP contribution >= 0.6 is 23.2 Å². The molecule has 1 rings (SSSR count). The molecular formula is C7H6Cl2. The van der Waals surface area contributed by atoms with Crippen molar-refractivity contribution in [1.29, 1.82) is 0 Å². The van der Waals surface area contributed by atoms with E-state index < -0.39 is 0 Å². The van der Waals surface area contributed by atoms with E-state index in [4.69, 9.17) is 23.2 Å². The van der Waals surface area contributed by atoms with E-state index in [0.717, 1.165) is 5.57 Å². The second-order valence-electron chi connectivity index (χ2n) is 1.78. The highest BCUT2D eigenvalue weighted by Crippen LogP contribution is 2.15. The first-order valence-electron chi connectivity index (χ1n) is 2.66. The molecular weight excluding hydrogens is 155 g/mol. The van der Waals surface area contributed by atoms with Crippen molar-refractivity contribution < 1.29 is 0 Å². The van der Waals surface area contributed by atoms with E-state index in [1.54, 1.807) is 6.08 Å². The molecule has 0 aromatic carbocycles. The molecule has 0 fully saturated rings. The lowest BCUT2D eigenvalue weighted by Crippen LogP contribution is -2.01. The van der Waals surface area contributed by atoms with Crippen LogP contribution in [0.2, 0.25) is 0 Å². The maximum absolute atomic E-state index is 5.79. The van der Waals surface area contributed by atoms with Crippen LogP contribution in [0.4, 0.5) is 0 Å². The van der Waals surface area contributed by atoms with Gasteiger partial charge in [-0.3, -0.25) is 0 Å². The molecule has 1 unspecified atom stereocenters. The molecule has 1 aliphatic rings. The highest BCUT2D eigenvalue weighted by molar-refractivity contribution is 6.26. The molecule has 0 N–H and O–H groups in total. The van der Waals surface area contributed by atoms with E-state index in [9.17, 15) is 0 Å². The van der Waals surface area contributed by atoms with E-state index in [-0.39, 0.29) is 5.38 Å². The Labute approximate surface area is 64.5 Å². The fraction of sp³-hybridized carbons (Fsp3) is 0.286. The number of alkyl halides is 2. The minimum Gasteiger partial charge on any atom is -0.123 e. The van der Waals surface area contributed by atoms with Crippen molar-refractivity contribution >= 4 is 23.2 Å². The van der Waals surface area contributed by atoms with Gasteiger partial charge in [0, 0.05) is 5.88 Å². The van der Waals surface area contributed by atoms with Crippen LogP contribution in [0.25, 0.3) is 0 Å². The minimum absolute atomic E-state index is 0.0486. The minimum atomic E-state index is -0.0486. The molecule has 9 heavy (non-hydrogen) atoms. The SMILES string of the molecule is ClCC1=CC=C=CC1Cl. The molecule has 2 heteroatoms. The van der Waals surface area contributed by atoms with Gasteiger partial charge >= 0.3 is 0 Å². The second-order valence-corrected chi connectivity index (χ2v) is 2.51. The Morgan fingerprint density at radius 1 is 1.67 bits per heavy atom. The molecule has 0 heterocycles. The van der Waals surface area contributed by atoms with Crippen molar-refractivity contribution in [3.63, 3.8) is 0 Å². The third kappa shape index (κ3) is 1.62. The summed E-state index contributed by atoms with van der Waals surface area (Å²) in [6, 6.07) is 0. The zero-order chi connectivity index (χ0) is 6.69. The quantitative estimate of drug-likeness (QED) is 0.409. The Kier molecular flexibility index (Phi) is 2.41. The lowest BCUT2D eigenvalue weighted by atomic mass is 10.1. The van der Waals surface area contributed by atoms with Gasteiger partial charge in [-0.15, -0.1) is 28.9 Å². The Morgan fingerprint density at radius 2 is 2.44 bits per heavy atom. The summed E-state index contributed by atoms with van der Waals surface area (Å²) in [4.78, 5) is 0. The highest BCUT2D eigenvalue weighted by atomic mass is 35.5. The third-order valence-corrected chi connectivity index (χ3v) is 1.86. The van der Waals surface area contributed by atoms with Crippen molar-refractivity contribution in [2.45, 2.75) is 5.38 Å². The third-order valence-electron chi connectivity index (χ3n) is 1.14. The predicted molar refractivity (Wildman–Crippen MR) is 41.1 cm³/mol. The lowest BCUT2D eigenvalue weighted by molar-refractivity contribution is 1.21. The van der Waals surface area contributed by atoms with Crippen LogP contribution in [0.3, 0.4) is 0 Å². The van der Waals surface area contributed by atoms with Crippen molar-refractivity contribution in [1.82, 2.24) is 0 Å². The molecule has 0 bridgehead atoms. The van der Waals surface area contributed by atoms with E-state index in [1.807, 2.05) is 12.2 Å². The van der Waals surface area contributed by atoms with Gasteiger partial charge < -0.3 is 0 Å². The van der Waals surface area contributed by atoms with Crippen molar-refractivity contribution in [3.8, 4) is 0 Å². The van der Waals surface area contributed by atoms with Gasteiger partial charge in [0.1, 0.15) is 0 Å². The molecule has 1 aliphatic carbocycles. The first-order chi connectivity index (χ1) is 4.34. The highest BCUT2D eigenvalue weighted by Gasteiger charge is 2.06. The average molecular weight is 161 g/mol. The molecule has 0 radical (unpaired) electrons. The predicted octanol–water partition coefficient (Wildman–Crippen LogP) is 2.48. The summed E-state index contributed by atoms with van der Waals surface area (Å²) in [6.07, 6.45) is 5.50. The molecule has 0 nitrogen and oxygen atoms in total. The fourth-order valence-electron chi connectivity index (χ4n) is 0.612. The number of halogens is 2. The summed E-state index contributed by atoms with van der Waals surface area (Å²) in [7, 11) is 0. The summed E-state index contributed by atoms with van der Waals surface area (Å²) in [5, 5.41) is -0.0486. The summed E-state index contributed by atoms with van der Waals surface area (Å²) >= 11 is 11.3. The monoisotopic (exact) mass is 160 g/mol. The van der Waals surface area contributed by atoms with Crippen LogP contribution in [0, 0.1) is 0 Å². The van der Waals surface area contributed by atoms with Crippen molar-refractivity contribution in [2.24, 2.45) is 0 Å². The van der Waals surface area contributed by atoms with E-state index in [1.165, 1.54) is 0 Å². The maximum atomic E-state index is 5.79. The van der Waals surface area contributed by atoms with Gasteiger partial charge in [-0.1, -0.05) is 6.08 Å². The maximum Gasteiger partial charge on any atom is 0.0814 e. The van der Waals surface area contributed by atoms with E-state index >= 15 is 0 Å². The average Bonchev–Trinajstić information content (AvgIpc) is 1.89.